The standard InChI is InChI=1S/C28H39N3O4/c1-17(2)31(26(33)21(6)29-27(34)35-28(7,8)9)24(22-15-14-18(3)16-20(22)5)25(32)30-23-13-11-10-12-19(23)4/h10-17,21,24H,1-9H3,(H,29,34)(H,30,32). The fourth-order valence-corrected chi connectivity index (χ4v) is 3.91. The molecule has 0 aromatic heterocycles. The lowest BCUT2D eigenvalue weighted by Crippen LogP contribution is -2.53. The van der Waals surface area contributed by atoms with E-state index in [1.807, 2.05) is 77.1 Å². The number of benzene rings is 2. The zero-order valence-corrected chi connectivity index (χ0v) is 22.4. The molecule has 0 spiro atoms. The monoisotopic (exact) mass is 481 g/mol. The minimum atomic E-state index is -0.898. The molecule has 0 aliphatic rings. The van der Waals surface area contributed by atoms with Crippen molar-refractivity contribution < 1.29 is 19.1 Å². The van der Waals surface area contributed by atoms with Crippen molar-refractivity contribution in [2.45, 2.75) is 86.0 Å². The Bertz CT molecular complexity index is 1070. The summed E-state index contributed by atoms with van der Waals surface area (Å²) in [6, 6.07) is 11.2. The second-order valence-electron chi connectivity index (χ2n) is 10.3. The predicted molar refractivity (Wildman–Crippen MR) is 139 cm³/mol. The van der Waals surface area contributed by atoms with Crippen LogP contribution in [0.25, 0.3) is 0 Å². The van der Waals surface area contributed by atoms with Gasteiger partial charge in [-0.2, -0.15) is 0 Å². The van der Waals surface area contributed by atoms with Gasteiger partial charge >= 0.3 is 6.09 Å². The van der Waals surface area contributed by atoms with Crippen LogP contribution >= 0.6 is 0 Å². The third-order valence-electron chi connectivity index (χ3n) is 5.56. The molecular formula is C28H39N3O4. The molecule has 0 aliphatic carbocycles. The number of hydrogen-bond donors (Lipinski definition) is 2. The number of rotatable bonds is 7. The Labute approximate surface area is 209 Å². The average molecular weight is 482 g/mol. The van der Waals surface area contributed by atoms with Gasteiger partial charge in [0, 0.05) is 11.7 Å². The Morgan fingerprint density at radius 3 is 2.09 bits per heavy atom. The van der Waals surface area contributed by atoms with E-state index in [1.54, 1.807) is 27.7 Å². The second kappa shape index (κ2) is 11.4. The predicted octanol–water partition coefficient (Wildman–Crippen LogP) is 5.44. The number of carbonyl (C=O) groups is 3. The van der Waals surface area contributed by atoms with Gasteiger partial charge in [-0.1, -0.05) is 42.0 Å². The first kappa shape index (κ1) is 27.9. The van der Waals surface area contributed by atoms with Crippen LogP contribution in [-0.2, 0) is 14.3 Å². The van der Waals surface area contributed by atoms with Crippen molar-refractivity contribution in [1.29, 1.82) is 0 Å². The van der Waals surface area contributed by atoms with Crippen molar-refractivity contribution in [3.8, 4) is 0 Å². The normalized spacial score (nSPS) is 13.1. The molecule has 2 aromatic carbocycles. The maximum absolute atomic E-state index is 13.8. The molecule has 0 fully saturated rings. The van der Waals surface area contributed by atoms with Crippen LogP contribution in [0.15, 0.2) is 42.5 Å². The van der Waals surface area contributed by atoms with Crippen LogP contribution in [0, 0.1) is 20.8 Å². The summed E-state index contributed by atoms with van der Waals surface area (Å²) in [5.41, 5.74) is 3.60. The zero-order chi connectivity index (χ0) is 26.5. The van der Waals surface area contributed by atoms with Gasteiger partial charge in [0.2, 0.25) is 5.91 Å². The van der Waals surface area contributed by atoms with Crippen molar-refractivity contribution in [2.24, 2.45) is 0 Å². The van der Waals surface area contributed by atoms with E-state index >= 15 is 0 Å². The average Bonchev–Trinajstić information content (AvgIpc) is 2.72. The number of carbonyl (C=O) groups excluding carboxylic acids is 3. The molecule has 190 valence electrons. The van der Waals surface area contributed by atoms with Crippen molar-refractivity contribution >= 4 is 23.6 Å². The highest BCUT2D eigenvalue weighted by Crippen LogP contribution is 2.29. The lowest BCUT2D eigenvalue weighted by Gasteiger charge is -2.37. The number of aryl methyl sites for hydroxylation is 3. The number of nitrogens with zero attached hydrogens (tertiary/aromatic N) is 1. The Morgan fingerprint density at radius 2 is 1.54 bits per heavy atom. The van der Waals surface area contributed by atoms with Gasteiger partial charge in [-0.15, -0.1) is 0 Å². The van der Waals surface area contributed by atoms with Gasteiger partial charge in [0.15, 0.2) is 0 Å². The minimum absolute atomic E-state index is 0.321. The first-order chi connectivity index (χ1) is 16.2. The summed E-state index contributed by atoms with van der Waals surface area (Å²) in [4.78, 5) is 41.3. The van der Waals surface area contributed by atoms with Crippen LogP contribution in [0.5, 0.6) is 0 Å². The Kier molecular flexibility index (Phi) is 9.07. The first-order valence-electron chi connectivity index (χ1n) is 12.0. The number of alkyl carbamates (subject to hydrolysis) is 1. The molecule has 2 aromatic rings. The molecule has 2 N–H and O–H groups in total. The summed E-state index contributed by atoms with van der Waals surface area (Å²) in [6.45, 7) is 16.4. The zero-order valence-electron chi connectivity index (χ0n) is 22.4. The highest BCUT2D eigenvalue weighted by Gasteiger charge is 2.37. The van der Waals surface area contributed by atoms with Gasteiger partial charge in [0.25, 0.3) is 5.91 Å². The van der Waals surface area contributed by atoms with E-state index in [0.717, 1.165) is 22.3 Å². The van der Waals surface area contributed by atoms with Gasteiger partial charge < -0.3 is 20.3 Å². The van der Waals surface area contributed by atoms with Crippen LogP contribution < -0.4 is 10.6 Å². The summed E-state index contributed by atoms with van der Waals surface area (Å²) in [7, 11) is 0. The molecule has 0 aliphatic heterocycles. The third kappa shape index (κ3) is 7.57. The van der Waals surface area contributed by atoms with Crippen LogP contribution in [0.3, 0.4) is 0 Å². The molecule has 0 radical (unpaired) electrons. The summed E-state index contributed by atoms with van der Waals surface area (Å²) < 4.78 is 5.32. The number of anilines is 1. The number of amides is 3. The number of nitrogens with one attached hydrogen (secondary N) is 2. The molecule has 7 nitrogen and oxygen atoms in total. The van der Waals surface area contributed by atoms with Crippen molar-refractivity contribution in [2.75, 3.05) is 5.32 Å². The van der Waals surface area contributed by atoms with E-state index in [2.05, 4.69) is 10.6 Å². The minimum Gasteiger partial charge on any atom is -0.444 e. The number of hydrogen-bond acceptors (Lipinski definition) is 4. The quantitative estimate of drug-likeness (QED) is 0.551. The molecule has 2 rings (SSSR count). The molecule has 2 unspecified atom stereocenters. The van der Waals surface area contributed by atoms with Gasteiger partial charge in [-0.3, -0.25) is 9.59 Å². The highest BCUT2D eigenvalue weighted by atomic mass is 16.6. The topological polar surface area (TPSA) is 87.7 Å². The first-order valence-corrected chi connectivity index (χ1v) is 12.0. The second-order valence-corrected chi connectivity index (χ2v) is 10.3. The van der Waals surface area contributed by atoms with E-state index in [4.69, 9.17) is 4.74 Å². The Morgan fingerprint density at radius 1 is 0.914 bits per heavy atom. The van der Waals surface area contributed by atoms with Gasteiger partial charge in [0.1, 0.15) is 17.7 Å². The molecular weight excluding hydrogens is 442 g/mol. The third-order valence-corrected chi connectivity index (χ3v) is 5.56. The van der Waals surface area contributed by atoms with E-state index in [1.165, 1.54) is 4.90 Å². The van der Waals surface area contributed by atoms with Crippen LogP contribution in [0.1, 0.15) is 69.8 Å². The van der Waals surface area contributed by atoms with Gasteiger partial charge in [-0.25, -0.2) is 4.79 Å². The van der Waals surface area contributed by atoms with Crippen molar-refractivity contribution in [1.82, 2.24) is 10.2 Å². The maximum Gasteiger partial charge on any atom is 0.408 e. The molecule has 0 saturated heterocycles. The number of ether oxygens (including phenoxy) is 1. The molecule has 3 amide bonds. The Balaban J connectivity index is 2.47. The van der Waals surface area contributed by atoms with Crippen LogP contribution in [-0.4, -0.2) is 40.5 Å². The highest BCUT2D eigenvalue weighted by molar-refractivity contribution is 5.99. The summed E-state index contributed by atoms with van der Waals surface area (Å²) in [5, 5.41) is 5.62. The van der Waals surface area contributed by atoms with Crippen molar-refractivity contribution in [3.63, 3.8) is 0 Å². The van der Waals surface area contributed by atoms with Crippen molar-refractivity contribution in [3.05, 3.63) is 64.7 Å². The number of para-hydroxylation sites is 1. The van der Waals surface area contributed by atoms with E-state index < -0.39 is 23.8 Å². The fourth-order valence-electron chi connectivity index (χ4n) is 3.91. The smallest absolute Gasteiger partial charge is 0.408 e. The maximum atomic E-state index is 13.8. The molecule has 0 bridgehead atoms. The molecule has 0 heterocycles. The van der Waals surface area contributed by atoms with Gasteiger partial charge in [0.05, 0.1) is 0 Å². The van der Waals surface area contributed by atoms with Crippen LogP contribution in [0.4, 0.5) is 10.5 Å². The summed E-state index contributed by atoms with van der Waals surface area (Å²) in [6.07, 6.45) is -0.686. The van der Waals surface area contributed by atoms with E-state index in [0.29, 0.717) is 5.69 Å². The lowest BCUT2D eigenvalue weighted by atomic mass is 9.95. The molecule has 7 heteroatoms. The Hall–Kier alpha value is -3.35. The fraction of sp³-hybridized carbons (Fsp3) is 0.464. The van der Waals surface area contributed by atoms with Crippen LogP contribution in [0.2, 0.25) is 0 Å². The SMILES string of the molecule is Cc1ccc(C(C(=O)Nc2ccccc2C)N(C(=O)C(C)NC(=O)OC(C)(C)C)C(C)C)c(C)c1. The largest absolute Gasteiger partial charge is 0.444 e. The summed E-state index contributed by atoms with van der Waals surface area (Å²) in [5.74, 6) is -0.700. The van der Waals surface area contributed by atoms with E-state index in [9.17, 15) is 14.4 Å². The van der Waals surface area contributed by atoms with E-state index in [-0.39, 0.29) is 17.9 Å². The molecule has 2 atom stereocenters. The molecule has 35 heavy (non-hydrogen) atoms. The lowest BCUT2D eigenvalue weighted by molar-refractivity contribution is -0.142. The molecule has 0 saturated carbocycles. The van der Waals surface area contributed by atoms with Gasteiger partial charge in [-0.05, 0) is 85.1 Å². The summed E-state index contributed by atoms with van der Waals surface area (Å²) >= 11 is 0.